The molecule has 1 saturated carbocycles. The number of Topliss-reactive ketones (excluding diaryl/α,β-unsaturated/α-hetero) is 1. The van der Waals surface area contributed by atoms with Gasteiger partial charge < -0.3 is 4.74 Å². The largest absolute Gasteiger partial charge is 0.454 e. The molecule has 0 radical (unpaired) electrons. The van der Waals surface area contributed by atoms with Crippen LogP contribution in [0.2, 0.25) is 0 Å². The Bertz CT molecular complexity index is 563. The van der Waals surface area contributed by atoms with E-state index >= 15 is 0 Å². The highest BCUT2D eigenvalue weighted by molar-refractivity contribution is 6.03. The lowest BCUT2D eigenvalue weighted by Crippen LogP contribution is -2.51. The molecule has 3 nitrogen and oxygen atoms in total. The Morgan fingerprint density at radius 2 is 2.05 bits per heavy atom. The second-order valence-corrected chi connectivity index (χ2v) is 6.21. The summed E-state index contributed by atoms with van der Waals surface area (Å²) in [6, 6.07) is 7.81. The van der Waals surface area contributed by atoms with Gasteiger partial charge in [0.2, 0.25) is 5.78 Å². The third-order valence-electron chi connectivity index (χ3n) is 5.00. The first-order valence-electron chi connectivity index (χ1n) is 7.35. The van der Waals surface area contributed by atoms with Gasteiger partial charge in [0.25, 0.3) is 0 Å². The van der Waals surface area contributed by atoms with Crippen LogP contribution in [0.15, 0.2) is 24.3 Å². The molecule has 106 valence electrons. The van der Waals surface area contributed by atoms with Gasteiger partial charge in [-0.15, -0.1) is 0 Å². The first-order valence-corrected chi connectivity index (χ1v) is 7.35. The van der Waals surface area contributed by atoms with E-state index in [0.29, 0.717) is 0 Å². The highest BCUT2D eigenvalue weighted by Crippen LogP contribution is 2.50. The van der Waals surface area contributed by atoms with Gasteiger partial charge in [-0.3, -0.25) is 9.59 Å². The van der Waals surface area contributed by atoms with Crippen molar-refractivity contribution in [2.75, 3.05) is 0 Å². The molecule has 3 heteroatoms. The molecule has 0 saturated heterocycles. The number of carbonyl (C=O) groups is 2. The van der Waals surface area contributed by atoms with Crippen molar-refractivity contribution in [3.63, 3.8) is 0 Å². The van der Waals surface area contributed by atoms with Gasteiger partial charge in [-0.2, -0.15) is 0 Å². The van der Waals surface area contributed by atoms with Gasteiger partial charge >= 0.3 is 5.97 Å². The minimum absolute atomic E-state index is 0.0276. The molecular weight excluding hydrogens is 252 g/mol. The van der Waals surface area contributed by atoms with Crippen molar-refractivity contribution in [1.29, 1.82) is 0 Å². The molecule has 2 aliphatic carbocycles. The molecule has 0 aliphatic heterocycles. The molecule has 2 aliphatic rings. The Balaban J connectivity index is 2.13. The monoisotopic (exact) mass is 272 g/mol. The van der Waals surface area contributed by atoms with E-state index in [2.05, 4.69) is 13.0 Å². The summed E-state index contributed by atoms with van der Waals surface area (Å²) in [6.07, 6.45) is 3.68. The average molecular weight is 272 g/mol. The lowest BCUT2D eigenvalue weighted by molar-refractivity contribution is -0.148. The van der Waals surface area contributed by atoms with Crippen LogP contribution >= 0.6 is 0 Å². The van der Waals surface area contributed by atoms with Crippen molar-refractivity contribution in [3.05, 3.63) is 35.4 Å². The fourth-order valence-corrected chi connectivity index (χ4v) is 4.03. The van der Waals surface area contributed by atoms with Gasteiger partial charge in [-0.25, -0.2) is 0 Å². The average Bonchev–Trinajstić information content (AvgIpc) is 2.44. The van der Waals surface area contributed by atoms with Crippen LogP contribution in [0.1, 0.15) is 55.5 Å². The maximum atomic E-state index is 12.7. The molecule has 3 atom stereocenters. The van der Waals surface area contributed by atoms with Crippen LogP contribution in [0.25, 0.3) is 0 Å². The lowest BCUT2D eigenvalue weighted by atomic mass is 9.57. The summed E-state index contributed by atoms with van der Waals surface area (Å²) in [6.45, 7) is 3.60. The van der Waals surface area contributed by atoms with Crippen LogP contribution in [0.4, 0.5) is 0 Å². The standard InChI is InChI=1S/C17H20O3/c1-11(18)20-16-14-9-5-6-10-17(14,2)13-8-4-3-7-12(13)15(16)19/h3-4,7-8,14,16H,5-6,9-10H2,1-2H3/t14-,16+,17+/m0/s1. The first-order chi connectivity index (χ1) is 9.54. The Morgan fingerprint density at radius 3 is 2.80 bits per heavy atom. The normalized spacial score (nSPS) is 32.2. The molecule has 1 aromatic carbocycles. The highest BCUT2D eigenvalue weighted by Gasteiger charge is 2.51. The van der Waals surface area contributed by atoms with Gasteiger partial charge in [-0.05, 0) is 18.4 Å². The van der Waals surface area contributed by atoms with E-state index in [4.69, 9.17) is 4.74 Å². The molecule has 1 aromatic rings. The fraction of sp³-hybridized carbons (Fsp3) is 0.529. The van der Waals surface area contributed by atoms with E-state index in [1.165, 1.54) is 13.3 Å². The summed E-state index contributed by atoms with van der Waals surface area (Å²) < 4.78 is 5.41. The van der Waals surface area contributed by atoms with Gasteiger partial charge in [0, 0.05) is 23.8 Å². The van der Waals surface area contributed by atoms with Crippen molar-refractivity contribution in [1.82, 2.24) is 0 Å². The summed E-state index contributed by atoms with van der Waals surface area (Å²) >= 11 is 0. The summed E-state index contributed by atoms with van der Waals surface area (Å²) in [4.78, 5) is 24.0. The zero-order valence-corrected chi connectivity index (χ0v) is 12.0. The minimum Gasteiger partial charge on any atom is -0.454 e. The molecule has 1 fully saturated rings. The van der Waals surface area contributed by atoms with E-state index in [0.717, 1.165) is 30.4 Å². The number of carbonyl (C=O) groups excluding carboxylic acids is 2. The zero-order chi connectivity index (χ0) is 14.3. The quantitative estimate of drug-likeness (QED) is 0.737. The molecule has 0 spiro atoms. The predicted molar refractivity (Wildman–Crippen MR) is 75.6 cm³/mol. The third-order valence-corrected chi connectivity index (χ3v) is 5.00. The van der Waals surface area contributed by atoms with Gasteiger partial charge in [0.15, 0.2) is 6.10 Å². The van der Waals surface area contributed by atoms with Gasteiger partial charge in [0.1, 0.15) is 0 Å². The second-order valence-electron chi connectivity index (χ2n) is 6.21. The predicted octanol–water partition coefficient (Wildman–Crippen LogP) is 3.26. The van der Waals surface area contributed by atoms with Gasteiger partial charge in [-0.1, -0.05) is 44.0 Å². The number of hydrogen-bond donors (Lipinski definition) is 0. The topological polar surface area (TPSA) is 43.4 Å². The Hall–Kier alpha value is -1.64. The molecular formula is C17H20O3. The van der Waals surface area contributed by atoms with E-state index in [1.54, 1.807) is 0 Å². The number of fused-ring (bicyclic) bond motifs is 3. The van der Waals surface area contributed by atoms with Crippen LogP contribution in [-0.4, -0.2) is 17.9 Å². The fourth-order valence-electron chi connectivity index (χ4n) is 4.03. The van der Waals surface area contributed by atoms with Crippen molar-refractivity contribution in [2.45, 2.75) is 51.0 Å². The SMILES string of the molecule is CC(=O)O[C@H]1C(=O)c2ccccc2[C@@]2(C)CCCC[C@@H]12. The molecule has 3 rings (SSSR count). The number of rotatable bonds is 1. The van der Waals surface area contributed by atoms with Crippen molar-refractivity contribution in [3.8, 4) is 0 Å². The molecule has 20 heavy (non-hydrogen) atoms. The van der Waals surface area contributed by atoms with Crippen LogP contribution in [-0.2, 0) is 14.9 Å². The molecule has 0 unspecified atom stereocenters. The lowest BCUT2D eigenvalue weighted by Gasteiger charge is -2.48. The third kappa shape index (κ3) is 1.88. The Labute approximate surface area is 119 Å². The number of hydrogen-bond acceptors (Lipinski definition) is 3. The summed E-state index contributed by atoms with van der Waals surface area (Å²) in [5.74, 6) is -0.279. The molecule has 0 heterocycles. The highest BCUT2D eigenvalue weighted by atomic mass is 16.5. The summed E-state index contributed by atoms with van der Waals surface area (Å²) in [7, 11) is 0. The Morgan fingerprint density at radius 1 is 1.30 bits per heavy atom. The molecule has 0 bridgehead atoms. The van der Waals surface area contributed by atoms with E-state index in [-0.39, 0.29) is 23.1 Å². The van der Waals surface area contributed by atoms with E-state index < -0.39 is 6.10 Å². The van der Waals surface area contributed by atoms with Gasteiger partial charge in [0.05, 0.1) is 0 Å². The smallest absolute Gasteiger partial charge is 0.303 e. The first kappa shape index (κ1) is 13.3. The van der Waals surface area contributed by atoms with Crippen LogP contribution in [0.3, 0.4) is 0 Å². The second kappa shape index (κ2) is 4.72. The number of benzene rings is 1. The number of ether oxygens (including phenoxy) is 1. The number of ketones is 1. The van der Waals surface area contributed by atoms with Crippen molar-refractivity contribution in [2.24, 2.45) is 5.92 Å². The zero-order valence-electron chi connectivity index (χ0n) is 12.0. The molecule has 0 amide bonds. The molecule has 0 aromatic heterocycles. The maximum absolute atomic E-state index is 12.7. The Kier molecular flexibility index (Phi) is 3.15. The van der Waals surface area contributed by atoms with E-state index in [1.807, 2.05) is 18.2 Å². The van der Waals surface area contributed by atoms with Crippen molar-refractivity contribution < 1.29 is 14.3 Å². The molecule has 0 N–H and O–H groups in total. The summed E-state index contributed by atoms with van der Waals surface area (Å²) in [5.41, 5.74) is 1.82. The summed E-state index contributed by atoms with van der Waals surface area (Å²) in [5, 5.41) is 0. The van der Waals surface area contributed by atoms with Crippen LogP contribution in [0, 0.1) is 5.92 Å². The van der Waals surface area contributed by atoms with Crippen molar-refractivity contribution >= 4 is 11.8 Å². The maximum Gasteiger partial charge on any atom is 0.303 e. The van der Waals surface area contributed by atoms with E-state index in [9.17, 15) is 9.59 Å². The number of esters is 1. The van der Waals surface area contributed by atoms with Crippen LogP contribution in [0.5, 0.6) is 0 Å². The minimum atomic E-state index is -0.604. The van der Waals surface area contributed by atoms with Crippen LogP contribution < -0.4 is 0 Å².